The molecule has 0 aliphatic carbocycles. The summed E-state index contributed by atoms with van der Waals surface area (Å²) in [5.74, 6) is -2.97. The number of hydrogen-bond acceptors (Lipinski definition) is 5. The van der Waals surface area contributed by atoms with Crippen molar-refractivity contribution < 1.29 is 24.0 Å². The van der Waals surface area contributed by atoms with Gasteiger partial charge in [0.05, 0.1) is 16.1 Å². The highest BCUT2D eigenvalue weighted by Crippen LogP contribution is 2.44. The number of anilines is 1. The maximum atomic E-state index is 13.5. The molecule has 32 heavy (non-hydrogen) atoms. The number of aliphatic hydroxyl groups is 1. The Morgan fingerprint density at radius 1 is 1.00 bits per heavy atom. The van der Waals surface area contributed by atoms with Gasteiger partial charge in [-0.05, 0) is 37.3 Å². The Morgan fingerprint density at radius 2 is 1.62 bits per heavy atom. The van der Waals surface area contributed by atoms with Gasteiger partial charge in [-0.25, -0.2) is 4.39 Å². The summed E-state index contributed by atoms with van der Waals surface area (Å²) in [5, 5.41) is 22.7. The fourth-order valence-corrected chi connectivity index (χ4v) is 3.75. The van der Waals surface area contributed by atoms with Crippen LogP contribution in [0.5, 0.6) is 0 Å². The number of halogens is 1. The van der Waals surface area contributed by atoms with E-state index in [9.17, 15) is 29.2 Å². The number of Topliss-reactive ketones (excluding diaryl/α,β-unsaturated/α-hetero) is 1. The average molecular weight is 432 g/mol. The predicted molar refractivity (Wildman–Crippen MR) is 115 cm³/mol. The molecule has 3 aromatic carbocycles. The van der Waals surface area contributed by atoms with Gasteiger partial charge in [0.25, 0.3) is 17.4 Å². The van der Waals surface area contributed by atoms with E-state index < -0.39 is 34.2 Å². The Kier molecular flexibility index (Phi) is 5.28. The number of rotatable bonds is 4. The van der Waals surface area contributed by atoms with Gasteiger partial charge in [0.1, 0.15) is 17.6 Å². The highest BCUT2D eigenvalue weighted by atomic mass is 19.1. The second-order valence-corrected chi connectivity index (χ2v) is 7.33. The molecule has 4 rings (SSSR count). The lowest BCUT2D eigenvalue weighted by Gasteiger charge is -2.25. The van der Waals surface area contributed by atoms with Crippen LogP contribution in [0.3, 0.4) is 0 Å². The van der Waals surface area contributed by atoms with Crippen molar-refractivity contribution in [2.24, 2.45) is 0 Å². The van der Waals surface area contributed by atoms with Crippen LogP contribution in [0, 0.1) is 22.9 Å². The van der Waals surface area contributed by atoms with Gasteiger partial charge in [0.15, 0.2) is 0 Å². The molecule has 0 radical (unpaired) electrons. The van der Waals surface area contributed by atoms with Crippen molar-refractivity contribution in [1.29, 1.82) is 0 Å². The van der Waals surface area contributed by atoms with Crippen LogP contribution in [-0.2, 0) is 9.59 Å². The zero-order chi connectivity index (χ0) is 23.0. The van der Waals surface area contributed by atoms with E-state index >= 15 is 0 Å². The zero-order valence-corrected chi connectivity index (χ0v) is 16.9. The number of ketones is 1. The maximum absolute atomic E-state index is 13.5. The van der Waals surface area contributed by atoms with E-state index in [4.69, 9.17) is 0 Å². The minimum absolute atomic E-state index is 0.0506. The molecule has 1 aliphatic rings. The first-order chi connectivity index (χ1) is 15.3. The van der Waals surface area contributed by atoms with Gasteiger partial charge in [-0.1, -0.05) is 42.0 Å². The number of hydrogen-bond donors (Lipinski definition) is 1. The summed E-state index contributed by atoms with van der Waals surface area (Å²) in [6, 6.07) is 15.9. The van der Waals surface area contributed by atoms with Crippen LogP contribution in [0.25, 0.3) is 5.76 Å². The Balaban J connectivity index is 2.00. The third-order valence-corrected chi connectivity index (χ3v) is 5.30. The van der Waals surface area contributed by atoms with Crippen molar-refractivity contribution >= 4 is 28.8 Å². The average Bonchev–Trinajstić information content (AvgIpc) is 3.05. The standard InChI is InChI=1S/C24H17FN2O5/c1-14-6-8-15(9-7-14)22(28)20-21(18-4-2-3-5-19(18)27(31)32)26(24(30)23(20)29)17-12-10-16(25)11-13-17/h2-13,21,28H,1H3/b22-20+. The zero-order valence-electron chi connectivity index (χ0n) is 16.9. The molecule has 160 valence electrons. The SMILES string of the molecule is Cc1ccc(/C(O)=C2\C(=O)C(=O)N(c3ccc(F)cc3)C2c2ccccc2[N+](=O)[O-])cc1. The molecule has 1 heterocycles. The van der Waals surface area contributed by atoms with Crippen molar-refractivity contribution in [3.05, 3.63) is 111 Å². The van der Waals surface area contributed by atoms with Crippen molar-refractivity contribution in [1.82, 2.24) is 0 Å². The van der Waals surface area contributed by atoms with E-state index in [1.54, 1.807) is 30.3 Å². The molecule has 7 nitrogen and oxygen atoms in total. The normalized spacial score (nSPS) is 17.6. The number of benzene rings is 3. The molecule has 0 aromatic heterocycles. The first kappa shape index (κ1) is 20.9. The number of aliphatic hydroxyl groups excluding tert-OH is 1. The largest absolute Gasteiger partial charge is 0.507 e. The monoisotopic (exact) mass is 432 g/mol. The summed E-state index contributed by atoms with van der Waals surface area (Å²) < 4.78 is 13.5. The number of nitro groups is 1. The molecule has 0 bridgehead atoms. The van der Waals surface area contributed by atoms with Crippen LogP contribution in [0.1, 0.15) is 22.7 Å². The number of amides is 1. The molecular weight excluding hydrogens is 415 g/mol. The minimum atomic E-state index is -1.27. The van der Waals surface area contributed by atoms with Gasteiger partial charge < -0.3 is 5.11 Å². The molecule has 1 N–H and O–H groups in total. The molecule has 1 aliphatic heterocycles. The quantitative estimate of drug-likeness (QED) is 0.212. The van der Waals surface area contributed by atoms with Gasteiger partial charge in [-0.15, -0.1) is 0 Å². The van der Waals surface area contributed by atoms with Gasteiger partial charge in [0.2, 0.25) is 0 Å². The van der Waals surface area contributed by atoms with Crippen molar-refractivity contribution in [2.75, 3.05) is 4.90 Å². The molecular formula is C24H17FN2O5. The van der Waals surface area contributed by atoms with Crippen LogP contribution < -0.4 is 4.90 Å². The van der Waals surface area contributed by atoms with Crippen LogP contribution in [0.15, 0.2) is 78.4 Å². The van der Waals surface area contributed by atoms with Gasteiger partial charge in [-0.3, -0.25) is 24.6 Å². The van der Waals surface area contributed by atoms with E-state index in [-0.39, 0.29) is 28.1 Å². The molecule has 0 saturated carbocycles. The summed E-state index contributed by atoms with van der Waals surface area (Å²) in [5.41, 5.74) is 0.827. The molecule has 1 atom stereocenters. The van der Waals surface area contributed by atoms with Gasteiger partial charge in [0, 0.05) is 17.3 Å². The van der Waals surface area contributed by atoms with Gasteiger partial charge in [-0.2, -0.15) is 0 Å². The minimum Gasteiger partial charge on any atom is -0.507 e. The second kappa shape index (κ2) is 8.07. The molecule has 8 heteroatoms. The third kappa shape index (κ3) is 3.51. The predicted octanol–water partition coefficient (Wildman–Crippen LogP) is 4.67. The first-order valence-corrected chi connectivity index (χ1v) is 9.66. The summed E-state index contributed by atoms with van der Waals surface area (Å²) in [6.07, 6.45) is 0. The highest BCUT2D eigenvalue weighted by Gasteiger charge is 2.48. The molecule has 3 aromatic rings. The Morgan fingerprint density at radius 3 is 2.25 bits per heavy atom. The summed E-state index contributed by atoms with van der Waals surface area (Å²) in [7, 11) is 0. The molecule has 0 spiro atoms. The summed E-state index contributed by atoms with van der Waals surface area (Å²) >= 11 is 0. The van der Waals surface area contributed by atoms with E-state index in [0.717, 1.165) is 22.6 Å². The van der Waals surface area contributed by atoms with E-state index in [0.29, 0.717) is 0 Å². The Hall–Kier alpha value is -4.33. The number of nitro benzene ring substituents is 1. The number of carbonyl (C=O) groups is 2. The molecule has 1 amide bonds. The Bertz CT molecular complexity index is 1270. The van der Waals surface area contributed by atoms with Gasteiger partial charge >= 0.3 is 0 Å². The van der Waals surface area contributed by atoms with Crippen LogP contribution >= 0.6 is 0 Å². The lowest BCUT2D eigenvalue weighted by Crippen LogP contribution is -2.29. The summed E-state index contributed by atoms with van der Waals surface area (Å²) in [6.45, 7) is 1.85. The molecule has 1 fully saturated rings. The highest BCUT2D eigenvalue weighted by molar-refractivity contribution is 6.51. The second-order valence-electron chi connectivity index (χ2n) is 7.33. The van der Waals surface area contributed by atoms with E-state index in [1.165, 1.54) is 30.3 Å². The van der Waals surface area contributed by atoms with Crippen LogP contribution in [-0.4, -0.2) is 21.7 Å². The maximum Gasteiger partial charge on any atom is 0.300 e. The fraction of sp³-hybridized carbons (Fsp3) is 0.0833. The van der Waals surface area contributed by atoms with Crippen molar-refractivity contribution in [3.63, 3.8) is 0 Å². The topological polar surface area (TPSA) is 101 Å². The first-order valence-electron chi connectivity index (χ1n) is 9.66. The third-order valence-electron chi connectivity index (χ3n) is 5.30. The smallest absolute Gasteiger partial charge is 0.300 e. The lowest BCUT2D eigenvalue weighted by molar-refractivity contribution is -0.385. The van der Waals surface area contributed by atoms with E-state index in [2.05, 4.69) is 0 Å². The van der Waals surface area contributed by atoms with Crippen molar-refractivity contribution in [3.8, 4) is 0 Å². The lowest BCUT2D eigenvalue weighted by atomic mass is 9.94. The summed E-state index contributed by atoms with van der Waals surface area (Å²) in [4.78, 5) is 38.2. The van der Waals surface area contributed by atoms with Crippen LogP contribution in [0.4, 0.5) is 15.8 Å². The number of carbonyl (C=O) groups excluding carboxylic acids is 2. The van der Waals surface area contributed by atoms with Crippen molar-refractivity contribution in [2.45, 2.75) is 13.0 Å². The molecule has 1 unspecified atom stereocenters. The Labute approximate surface area is 182 Å². The fourth-order valence-electron chi connectivity index (χ4n) is 3.75. The number of para-hydroxylation sites is 1. The molecule has 1 saturated heterocycles. The number of aryl methyl sites for hydroxylation is 1. The van der Waals surface area contributed by atoms with E-state index in [1.807, 2.05) is 6.92 Å². The van der Waals surface area contributed by atoms with Crippen LogP contribution in [0.2, 0.25) is 0 Å². The number of nitrogens with zero attached hydrogens (tertiary/aromatic N) is 2.